The molecule has 0 spiro atoms. The van der Waals surface area contributed by atoms with Crippen molar-refractivity contribution in [2.75, 3.05) is 24.5 Å². The maximum Gasteiger partial charge on any atom is 0.259 e. The number of carbonyl (C=O) groups excluding carboxylic acids is 1. The van der Waals surface area contributed by atoms with Crippen LogP contribution in [0.3, 0.4) is 0 Å². The van der Waals surface area contributed by atoms with Crippen molar-refractivity contribution < 1.29 is 9.18 Å². The van der Waals surface area contributed by atoms with Gasteiger partial charge in [-0.3, -0.25) is 9.78 Å². The number of hydrogen-bond acceptors (Lipinski definition) is 6. The topological polar surface area (TPSA) is 80.0 Å². The monoisotopic (exact) mass is 407 g/mol. The summed E-state index contributed by atoms with van der Waals surface area (Å²) in [5.41, 5.74) is 2.17. The van der Waals surface area contributed by atoms with E-state index in [0.717, 1.165) is 30.2 Å². The van der Waals surface area contributed by atoms with Gasteiger partial charge in [-0.2, -0.15) is 15.0 Å². The summed E-state index contributed by atoms with van der Waals surface area (Å²) in [6.07, 6.45) is 5.68. The van der Waals surface area contributed by atoms with Gasteiger partial charge < -0.3 is 9.80 Å². The zero-order valence-electron chi connectivity index (χ0n) is 16.9. The second-order valence-corrected chi connectivity index (χ2v) is 7.87. The lowest BCUT2D eigenvalue weighted by Gasteiger charge is -2.54. The Morgan fingerprint density at radius 3 is 2.70 bits per heavy atom. The molecule has 0 bridgehead atoms. The van der Waals surface area contributed by atoms with Gasteiger partial charge in [0.1, 0.15) is 22.9 Å². The summed E-state index contributed by atoms with van der Waals surface area (Å²) in [6, 6.07) is 4.68. The molecule has 3 aromatic rings. The number of rotatable bonds is 3. The largest absolute Gasteiger partial charge is 0.350 e. The number of fused-ring (bicyclic) bond motifs is 1. The number of aromatic nitrogens is 5. The van der Waals surface area contributed by atoms with Crippen molar-refractivity contribution in [3.8, 4) is 5.69 Å². The number of likely N-dealkylation sites (tertiary alicyclic amines) is 1. The molecule has 0 saturated carbocycles. The van der Waals surface area contributed by atoms with Crippen molar-refractivity contribution in [1.29, 1.82) is 0 Å². The van der Waals surface area contributed by atoms with Crippen LogP contribution in [0.15, 0.2) is 36.8 Å². The highest BCUT2D eigenvalue weighted by molar-refractivity contribution is 5.98. The van der Waals surface area contributed by atoms with E-state index in [2.05, 4.69) is 25.1 Å². The van der Waals surface area contributed by atoms with Gasteiger partial charge in [0.2, 0.25) is 0 Å². The maximum atomic E-state index is 14.7. The van der Waals surface area contributed by atoms with Crippen LogP contribution in [0, 0.1) is 25.6 Å². The van der Waals surface area contributed by atoms with Gasteiger partial charge in [-0.25, -0.2) is 9.37 Å². The highest BCUT2D eigenvalue weighted by Crippen LogP contribution is 2.36. The van der Waals surface area contributed by atoms with Gasteiger partial charge in [0.15, 0.2) is 0 Å². The molecule has 2 fully saturated rings. The molecule has 8 nitrogen and oxygen atoms in total. The predicted molar refractivity (Wildman–Crippen MR) is 108 cm³/mol. The van der Waals surface area contributed by atoms with Crippen LogP contribution in [-0.4, -0.2) is 61.4 Å². The van der Waals surface area contributed by atoms with Gasteiger partial charge in [-0.15, -0.1) is 0 Å². The van der Waals surface area contributed by atoms with Crippen LogP contribution in [0.1, 0.15) is 28.2 Å². The summed E-state index contributed by atoms with van der Waals surface area (Å²) >= 11 is 0. The molecule has 30 heavy (non-hydrogen) atoms. The third kappa shape index (κ3) is 3.01. The highest BCUT2D eigenvalue weighted by Gasteiger charge is 2.45. The first-order chi connectivity index (χ1) is 14.5. The molecule has 2 saturated heterocycles. The van der Waals surface area contributed by atoms with Crippen LogP contribution in [0.4, 0.5) is 10.2 Å². The first-order valence-electron chi connectivity index (χ1n) is 10.0. The van der Waals surface area contributed by atoms with Crippen molar-refractivity contribution >= 4 is 11.7 Å². The number of halogens is 1. The Hall–Kier alpha value is -3.36. The van der Waals surface area contributed by atoms with E-state index < -0.39 is 5.82 Å². The van der Waals surface area contributed by atoms with Crippen LogP contribution in [0.5, 0.6) is 0 Å². The Kier molecular flexibility index (Phi) is 4.45. The minimum atomic E-state index is -0.567. The van der Waals surface area contributed by atoms with E-state index in [0.29, 0.717) is 24.7 Å². The molecule has 1 amide bonds. The van der Waals surface area contributed by atoms with Crippen LogP contribution in [-0.2, 0) is 0 Å². The Bertz CT molecular complexity index is 1100. The molecule has 0 radical (unpaired) electrons. The summed E-state index contributed by atoms with van der Waals surface area (Å²) in [5.74, 6) is 0.436. The fourth-order valence-corrected chi connectivity index (χ4v) is 4.30. The molecule has 2 aliphatic heterocycles. The lowest BCUT2D eigenvalue weighted by Crippen LogP contribution is -2.65. The Balaban J connectivity index is 1.40. The average molecular weight is 407 g/mol. The number of anilines is 1. The minimum absolute atomic E-state index is 0.00370. The smallest absolute Gasteiger partial charge is 0.259 e. The van der Waals surface area contributed by atoms with Gasteiger partial charge in [0.25, 0.3) is 5.91 Å². The molecule has 2 aromatic heterocycles. The number of benzene rings is 1. The molecule has 1 aromatic carbocycles. The van der Waals surface area contributed by atoms with Gasteiger partial charge in [0, 0.05) is 25.6 Å². The van der Waals surface area contributed by atoms with Crippen molar-refractivity contribution in [2.24, 2.45) is 5.92 Å². The summed E-state index contributed by atoms with van der Waals surface area (Å²) in [7, 11) is 0. The van der Waals surface area contributed by atoms with Gasteiger partial charge in [-0.1, -0.05) is 6.07 Å². The molecule has 9 heteroatoms. The van der Waals surface area contributed by atoms with Crippen molar-refractivity contribution in [3.63, 3.8) is 0 Å². The molecule has 0 unspecified atom stereocenters. The molecular formula is C21H22FN7O. The van der Waals surface area contributed by atoms with Gasteiger partial charge >= 0.3 is 0 Å². The number of hydrogen-bond donors (Lipinski definition) is 0. The van der Waals surface area contributed by atoms with Crippen molar-refractivity contribution in [2.45, 2.75) is 26.3 Å². The number of amides is 1. The number of aryl methyl sites for hydroxylation is 2. The standard InChI is InChI=1S/C21H22FN7O/c1-13-14(2)26-19(10-23-13)28-11-15-6-9-27(12-18(15)28)21(30)20-16(22)4-3-5-17(20)29-24-7-8-25-29/h3-5,7-8,10,15,18H,6,9,11-12H2,1-2H3/t15-,18-/m0/s1. The van der Waals surface area contributed by atoms with E-state index in [-0.39, 0.29) is 17.5 Å². The quantitative estimate of drug-likeness (QED) is 0.662. The van der Waals surface area contributed by atoms with Gasteiger partial charge in [0.05, 0.1) is 36.0 Å². The van der Waals surface area contributed by atoms with E-state index in [9.17, 15) is 9.18 Å². The summed E-state index contributed by atoms with van der Waals surface area (Å²) < 4.78 is 14.7. The second kappa shape index (κ2) is 7.16. The molecule has 4 heterocycles. The Morgan fingerprint density at radius 1 is 1.13 bits per heavy atom. The number of carbonyl (C=O) groups is 1. The summed E-state index contributed by atoms with van der Waals surface area (Å²) in [4.78, 5) is 27.6. The molecule has 5 rings (SSSR count). The van der Waals surface area contributed by atoms with E-state index >= 15 is 0 Å². The third-order valence-corrected chi connectivity index (χ3v) is 6.15. The first-order valence-corrected chi connectivity index (χ1v) is 10.0. The second-order valence-electron chi connectivity index (χ2n) is 7.87. The fraction of sp³-hybridized carbons (Fsp3) is 0.381. The minimum Gasteiger partial charge on any atom is -0.350 e. The Morgan fingerprint density at radius 2 is 1.93 bits per heavy atom. The Labute approximate surface area is 173 Å². The molecule has 154 valence electrons. The molecular weight excluding hydrogens is 385 g/mol. The fourth-order valence-electron chi connectivity index (χ4n) is 4.30. The molecule has 2 aliphatic rings. The lowest BCUT2D eigenvalue weighted by atomic mass is 9.82. The van der Waals surface area contributed by atoms with Gasteiger partial charge in [-0.05, 0) is 32.4 Å². The number of piperidine rings is 1. The van der Waals surface area contributed by atoms with E-state index in [1.165, 1.54) is 23.3 Å². The van der Waals surface area contributed by atoms with Crippen LogP contribution in [0.2, 0.25) is 0 Å². The first kappa shape index (κ1) is 18.7. The van der Waals surface area contributed by atoms with Crippen LogP contribution in [0.25, 0.3) is 5.69 Å². The lowest BCUT2D eigenvalue weighted by molar-refractivity contribution is 0.0586. The maximum absolute atomic E-state index is 14.7. The van der Waals surface area contributed by atoms with E-state index in [1.54, 1.807) is 23.2 Å². The third-order valence-electron chi connectivity index (χ3n) is 6.15. The van der Waals surface area contributed by atoms with E-state index in [4.69, 9.17) is 0 Å². The average Bonchev–Trinajstić information content (AvgIpc) is 3.25. The van der Waals surface area contributed by atoms with Crippen LogP contribution >= 0.6 is 0 Å². The normalized spacial score (nSPS) is 20.6. The van der Waals surface area contributed by atoms with E-state index in [1.807, 2.05) is 13.8 Å². The predicted octanol–water partition coefficient (Wildman–Crippen LogP) is 2.16. The number of nitrogens with zero attached hydrogens (tertiary/aromatic N) is 7. The van der Waals surface area contributed by atoms with Crippen molar-refractivity contribution in [1.82, 2.24) is 29.9 Å². The zero-order valence-corrected chi connectivity index (χ0v) is 16.9. The van der Waals surface area contributed by atoms with Crippen LogP contribution < -0.4 is 4.90 Å². The molecule has 0 N–H and O–H groups in total. The molecule has 0 aliphatic carbocycles. The highest BCUT2D eigenvalue weighted by atomic mass is 19.1. The summed E-state index contributed by atoms with van der Waals surface area (Å²) in [5, 5.41) is 8.13. The molecule has 2 atom stereocenters. The SMILES string of the molecule is Cc1ncc(N2C[C@@H]3CCN(C(=O)c4c(F)cccc4-n4nccn4)C[C@@H]32)nc1C. The zero-order chi connectivity index (χ0) is 20.8. The van der Waals surface area contributed by atoms with Crippen molar-refractivity contribution in [3.05, 3.63) is 59.6 Å². The summed E-state index contributed by atoms with van der Waals surface area (Å²) in [6.45, 7) is 5.92.